The Balaban J connectivity index is 2.65. The van der Waals surface area contributed by atoms with Crippen molar-refractivity contribution >= 4 is 43.6 Å². The minimum Gasteiger partial charge on any atom is -0.480 e. The highest BCUT2D eigenvalue weighted by atomic mass is 79.9. The number of carboxylic acid groups (broad SMARTS) is 1. The SMILES string of the molecule is O=C(O)COCC(=O)c1cc(Br)ccc1Br. The molecule has 0 fully saturated rings. The topological polar surface area (TPSA) is 63.6 Å². The summed E-state index contributed by atoms with van der Waals surface area (Å²) in [6.07, 6.45) is 0. The van der Waals surface area contributed by atoms with E-state index in [-0.39, 0.29) is 12.4 Å². The van der Waals surface area contributed by atoms with Gasteiger partial charge < -0.3 is 9.84 Å². The van der Waals surface area contributed by atoms with E-state index in [1.165, 1.54) is 0 Å². The molecule has 0 aromatic heterocycles. The Bertz CT molecular complexity index is 417. The summed E-state index contributed by atoms with van der Waals surface area (Å²) in [6, 6.07) is 5.17. The number of carboxylic acids is 1. The molecule has 6 heteroatoms. The summed E-state index contributed by atoms with van der Waals surface area (Å²) >= 11 is 6.49. The molecule has 0 aliphatic rings. The van der Waals surface area contributed by atoms with Gasteiger partial charge in [-0.2, -0.15) is 0 Å². The van der Waals surface area contributed by atoms with Crippen LogP contribution in [0.4, 0.5) is 0 Å². The summed E-state index contributed by atoms with van der Waals surface area (Å²) < 4.78 is 6.15. The van der Waals surface area contributed by atoms with Crippen LogP contribution in [0.2, 0.25) is 0 Å². The molecule has 0 unspecified atom stereocenters. The molecule has 1 aromatic rings. The molecule has 1 aromatic carbocycles. The Kier molecular flexibility index (Phi) is 5.11. The van der Waals surface area contributed by atoms with Crippen LogP contribution in [-0.4, -0.2) is 30.1 Å². The normalized spacial score (nSPS) is 10.1. The van der Waals surface area contributed by atoms with Crippen molar-refractivity contribution in [1.82, 2.24) is 0 Å². The first kappa shape index (κ1) is 13.3. The summed E-state index contributed by atoms with van der Waals surface area (Å²) in [7, 11) is 0. The average molecular weight is 352 g/mol. The van der Waals surface area contributed by atoms with Crippen molar-refractivity contribution in [2.45, 2.75) is 0 Å². The van der Waals surface area contributed by atoms with Crippen molar-refractivity contribution in [3.8, 4) is 0 Å². The van der Waals surface area contributed by atoms with Gasteiger partial charge in [-0.25, -0.2) is 4.79 Å². The minimum absolute atomic E-state index is 0.249. The number of rotatable bonds is 5. The zero-order valence-corrected chi connectivity index (χ0v) is 11.2. The molecule has 0 heterocycles. The molecule has 0 spiro atoms. The zero-order chi connectivity index (χ0) is 12.1. The molecule has 0 aliphatic heterocycles. The Morgan fingerprint density at radius 3 is 2.56 bits per heavy atom. The van der Waals surface area contributed by atoms with Crippen molar-refractivity contribution in [3.63, 3.8) is 0 Å². The van der Waals surface area contributed by atoms with Gasteiger partial charge in [-0.3, -0.25) is 4.79 Å². The third kappa shape index (κ3) is 4.03. The number of aliphatic carboxylic acids is 1. The van der Waals surface area contributed by atoms with Gasteiger partial charge in [-0.05, 0) is 18.2 Å². The number of ketones is 1. The minimum atomic E-state index is -1.10. The molecule has 1 N–H and O–H groups in total. The van der Waals surface area contributed by atoms with E-state index in [2.05, 4.69) is 31.9 Å². The number of carbonyl (C=O) groups excluding carboxylic acids is 1. The summed E-state index contributed by atoms with van der Waals surface area (Å²) in [5.74, 6) is -1.37. The maximum Gasteiger partial charge on any atom is 0.329 e. The molecule has 0 bridgehead atoms. The van der Waals surface area contributed by atoms with Gasteiger partial charge >= 0.3 is 5.97 Å². The van der Waals surface area contributed by atoms with Gasteiger partial charge in [0, 0.05) is 14.5 Å². The van der Waals surface area contributed by atoms with Crippen molar-refractivity contribution < 1.29 is 19.4 Å². The highest BCUT2D eigenvalue weighted by molar-refractivity contribution is 9.11. The van der Waals surface area contributed by atoms with E-state index >= 15 is 0 Å². The lowest BCUT2D eigenvalue weighted by atomic mass is 10.1. The second kappa shape index (κ2) is 6.12. The molecule has 1 rings (SSSR count). The fraction of sp³-hybridized carbons (Fsp3) is 0.200. The van der Waals surface area contributed by atoms with Crippen LogP contribution in [0.1, 0.15) is 10.4 Å². The standard InChI is InChI=1S/C10H8Br2O4/c11-6-1-2-8(12)7(3-6)9(13)4-16-5-10(14)15/h1-3H,4-5H2,(H,14,15). The predicted molar refractivity (Wildman–Crippen MR) is 64.6 cm³/mol. The van der Waals surface area contributed by atoms with E-state index in [1.807, 2.05) is 0 Å². The van der Waals surface area contributed by atoms with Crippen LogP contribution < -0.4 is 0 Å². The second-order valence-electron chi connectivity index (χ2n) is 2.93. The van der Waals surface area contributed by atoms with E-state index in [0.717, 1.165) is 4.47 Å². The van der Waals surface area contributed by atoms with E-state index in [0.29, 0.717) is 10.0 Å². The maximum atomic E-state index is 11.6. The zero-order valence-electron chi connectivity index (χ0n) is 8.07. The molecule has 0 atom stereocenters. The number of hydrogen-bond donors (Lipinski definition) is 1. The largest absolute Gasteiger partial charge is 0.480 e. The predicted octanol–water partition coefficient (Wildman–Crippen LogP) is 2.50. The highest BCUT2D eigenvalue weighted by Gasteiger charge is 2.11. The van der Waals surface area contributed by atoms with Crippen LogP contribution in [0.15, 0.2) is 27.1 Å². The number of carbonyl (C=O) groups is 2. The van der Waals surface area contributed by atoms with Gasteiger partial charge in [0.2, 0.25) is 0 Å². The molecule has 16 heavy (non-hydrogen) atoms. The van der Waals surface area contributed by atoms with Gasteiger partial charge in [0.25, 0.3) is 0 Å². The quantitative estimate of drug-likeness (QED) is 0.828. The molecule has 4 nitrogen and oxygen atoms in total. The number of hydrogen-bond acceptors (Lipinski definition) is 3. The van der Waals surface area contributed by atoms with Crippen molar-refractivity contribution in [2.24, 2.45) is 0 Å². The van der Waals surface area contributed by atoms with Gasteiger partial charge in [0.05, 0.1) is 0 Å². The Hall–Kier alpha value is -0.720. The van der Waals surface area contributed by atoms with Crippen molar-refractivity contribution in [2.75, 3.05) is 13.2 Å². The molecule has 86 valence electrons. The van der Waals surface area contributed by atoms with Gasteiger partial charge in [-0.1, -0.05) is 31.9 Å². The first-order valence-electron chi connectivity index (χ1n) is 4.28. The third-order valence-corrected chi connectivity index (χ3v) is 2.87. The highest BCUT2D eigenvalue weighted by Crippen LogP contribution is 2.21. The molecule has 0 radical (unpaired) electrons. The van der Waals surface area contributed by atoms with Crippen LogP contribution in [0.5, 0.6) is 0 Å². The Morgan fingerprint density at radius 2 is 1.94 bits per heavy atom. The van der Waals surface area contributed by atoms with Crippen molar-refractivity contribution in [3.05, 3.63) is 32.7 Å². The summed E-state index contributed by atoms with van der Waals surface area (Å²) in [5, 5.41) is 8.34. The molecular formula is C10H8Br2O4. The first-order valence-corrected chi connectivity index (χ1v) is 5.87. The van der Waals surface area contributed by atoms with E-state index in [9.17, 15) is 9.59 Å². The first-order chi connectivity index (χ1) is 7.50. The van der Waals surface area contributed by atoms with E-state index in [1.54, 1.807) is 18.2 Å². The van der Waals surface area contributed by atoms with Crippen LogP contribution in [0, 0.1) is 0 Å². The Morgan fingerprint density at radius 1 is 1.25 bits per heavy atom. The molecular weight excluding hydrogens is 344 g/mol. The monoisotopic (exact) mass is 350 g/mol. The number of Topliss-reactive ketones (excluding diaryl/α,β-unsaturated/α-hetero) is 1. The summed E-state index contributed by atoms with van der Waals surface area (Å²) in [4.78, 5) is 21.8. The molecule has 0 amide bonds. The molecule has 0 aliphatic carbocycles. The smallest absolute Gasteiger partial charge is 0.329 e. The number of ether oxygens (including phenoxy) is 1. The Labute approximate surface area is 109 Å². The van der Waals surface area contributed by atoms with Crippen LogP contribution in [0.3, 0.4) is 0 Å². The van der Waals surface area contributed by atoms with E-state index < -0.39 is 12.6 Å². The molecule has 0 saturated heterocycles. The number of benzene rings is 1. The fourth-order valence-electron chi connectivity index (χ4n) is 1.02. The maximum absolute atomic E-state index is 11.6. The van der Waals surface area contributed by atoms with Crippen LogP contribution >= 0.6 is 31.9 Å². The lowest BCUT2D eigenvalue weighted by Gasteiger charge is -2.04. The third-order valence-electron chi connectivity index (χ3n) is 1.69. The summed E-state index contributed by atoms with van der Waals surface area (Å²) in [5.41, 5.74) is 0.458. The summed E-state index contributed by atoms with van der Waals surface area (Å²) in [6.45, 7) is -0.723. The van der Waals surface area contributed by atoms with Gasteiger partial charge in [-0.15, -0.1) is 0 Å². The number of halogens is 2. The van der Waals surface area contributed by atoms with Gasteiger partial charge in [0.1, 0.15) is 13.2 Å². The average Bonchev–Trinajstić information content (AvgIpc) is 2.21. The van der Waals surface area contributed by atoms with E-state index in [4.69, 9.17) is 9.84 Å². The lowest BCUT2D eigenvalue weighted by Crippen LogP contribution is -2.14. The lowest BCUT2D eigenvalue weighted by molar-refractivity contribution is -0.141. The van der Waals surface area contributed by atoms with Crippen LogP contribution in [-0.2, 0) is 9.53 Å². The second-order valence-corrected chi connectivity index (χ2v) is 4.70. The molecule has 0 saturated carbocycles. The fourth-order valence-corrected chi connectivity index (χ4v) is 1.85. The van der Waals surface area contributed by atoms with Crippen molar-refractivity contribution in [1.29, 1.82) is 0 Å². The van der Waals surface area contributed by atoms with Crippen LogP contribution in [0.25, 0.3) is 0 Å². The van der Waals surface area contributed by atoms with Gasteiger partial charge in [0.15, 0.2) is 5.78 Å².